The lowest BCUT2D eigenvalue weighted by Gasteiger charge is -2.06. The zero-order valence-corrected chi connectivity index (χ0v) is 14.1. The molecule has 0 aliphatic carbocycles. The first-order valence-electron chi connectivity index (χ1n) is 7.63. The van der Waals surface area contributed by atoms with Crippen LogP contribution in [0.25, 0.3) is 12.2 Å². The van der Waals surface area contributed by atoms with Gasteiger partial charge >= 0.3 is 0 Å². The van der Waals surface area contributed by atoms with Crippen molar-refractivity contribution in [1.82, 2.24) is 0 Å². The van der Waals surface area contributed by atoms with Crippen molar-refractivity contribution >= 4 is 12.2 Å². The highest BCUT2D eigenvalue weighted by Gasteiger charge is 2.02. The lowest BCUT2D eigenvalue weighted by Crippen LogP contribution is -1.94. The molecule has 2 aromatic rings. The van der Waals surface area contributed by atoms with Gasteiger partial charge in [0.05, 0.1) is 7.11 Å². The average Bonchev–Trinajstić information content (AvgIpc) is 2.52. The molecule has 0 heterocycles. The topological polar surface area (TPSA) is 58.9 Å². The summed E-state index contributed by atoms with van der Waals surface area (Å²) in [6, 6.07) is 10.2. The normalized spacial score (nSPS) is 10.6. The van der Waals surface area contributed by atoms with Gasteiger partial charge in [-0.15, -0.1) is 0 Å². The molecule has 2 N–H and O–H groups in total. The van der Waals surface area contributed by atoms with Crippen molar-refractivity contribution in [3.63, 3.8) is 0 Å². The number of aromatic hydroxyl groups is 2. The first-order valence-corrected chi connectivity index (χ1v) is 7.63. The maximum Gasteiger partial charge on any atom is 0.160 e. The molecule has 2 rings (SSSR count). The van der Waals surface area contributed by atoms with Gasteiger partial charge in [-0.3, -0.25) is 0 Å². The van der Waals surface area contributed by atoms with Gasteiger partial charge in [-0.2, -0.15) is 0 Å². The van der Waals surface area contributed by atoms with Crippen molar-refractivity contribution in [3.05, 3.63) is 59.2 Å². The molecule has 0 amide bonds. The van der Waals surface area contributed by atoms with Crippen molar-refractivity contribution in [2.45, 2.75) is 13.8 Å². The number of methoxy groups -OCH3 is 1. The van der Waals surface area contributed by atoms with Gasteiger partial charge in [-0.05, 0) is 55.3 Å². The molecule has 0 aliphatic rings. The highest BCUT2D eigenvalue weighted by atomic mass is 16.5. The van der Waals surface area contributed by atoms with Crippen molar-refractivity contribution in [2.75, 3.05) is 13.7 Å². The first-order chi connectivity index (χ1) is 11.5. The molecule has 0 aliphatic heterocycles. The summed E-state index contributed by atoms with van der Waals surface area (Å²) in [5.74, 6) is 1.26. The standard InChI is InChI=1S/C20H22O4/c1-14(2)8-9-24-18-11-16(10-17(21)13-18)5-4-15-6-7-20(23-3)19(22)12-15/h4-8,10-13,21-22H,9H2,1-3H3. The largest absolute Gasteiger partial charge is 0.508 e. The van der Waals surface area contributed by atoms with Crippen LogP contribution in [-0.4, -0.2) is 23.9 Å². The van der Waals surface area contributed by atoms with E-state index in [1.54, 1.807) is 24.3 Å². The van der Waals surface area contributed by atoms with Crippen molar-refractivity contribution in [3.8, 4) is 23.0 Å². The van der Waals surface area contributed by atoms with Crippen molar-refractivity contribution in [1.29, 1.82) is 0 Å². The van der Waals surface area contributed by atoms with E-state index in [4.69, 9.17) is 9.47 Å². The van der Waals surface area contributed by atoms with Crippen LogP contribution in [0.15, 0.2) is 48.0 Å². The molecule has 24 heavy (non-hydrogen) atoms. The summed E-state index contributed by atoms with van der Waals surface area (Å²) in [5.41, 5.74) is 2.80. The number of hydrogen-bond acceptors (Lipinski definition) is 4. The quantitative estimate of drug-likeness (QED) is 0.600. The number of phenols is 2. The third-order valence-electron chi connectivity index (χ3n) is 3.33. The van der Waals surface area contributed by atoms with Gasteiger partial charge in [0, 0.05) is 6.07 Å². The molecule has 0 fully saturated rings. The number of allylic oxidation sites excluding steroid dienone is 1. The van der Waals surface area contributed by atoms with Gasteiger partial charge in [0.1, 0.15) is 18.1 Å². The van der Waals surface area contributed by atoms with Crippen LogP contribution >= 0.6 is 0 Å². The molecule has 0 saturated carbocycles. The first kappa shape index (κ1) is 17.5. The Morgan fingerprint density at radius 3 is 2.42 bits per heavy atom. The summed E-state index contributed by atoms with van der Waals surface area (Å²) in [6.45, 7) is 4.47. The molecule has 0 atom stereocenters. The van der Waals surface area contributed by atoms with E-state index in [2.05, 4.69) is 0 Å². The van der Waals surface area contributed by atoms with Gasteiger partial charge in [-0.1, -0.05) is 23.8 Å². The van der Waals surface area contributed by atoms with Gasteiger partial charge in [0.25, 0.3) is 0 Å². The monoisotopic (exact) mass is 326 g/mol. The Morgan fingerprint density at radius 2 is 1.75 bits per heavy atom. The minimum absolute atomic E-state index is 0.0845. The van der Waals surface area contributed by atoms with E-state index in [0.717, 1.165) is 11.1 Å². The molecule has 2 aromatic carbocycles. The molecule has 0 aromatic heterocycles. The van der Waals surface area contributed by atoms with Crippen LogP contribution in [0.4, 0.5) is 0 Å². The number of rotatable bonds is 6. The number of hydrogen-bond donors (Lipinski definition) is 2. The van der Waals surface area contributed by atoms with E-state index in [9.17, 15) is 10.2 Å². The van der Waals surface area contributed by atoms with E-state index in [1.807, 2.05) is 44.2 Å². The van der Waals surface area contributed by atoms with E-state index in [-0.39, 0.29) is 11.5 Å². The number of benzene rings is 2. The van der Waals surface area contributed by atoms with Crippen LogP contribution in [0.3, 0.4) is 0 Å². The summed E-state index contributed by atoms with van der Waals surface area (Å²) in [4.78, 5) is 0. The Balaban J connectivity index is 2.15. The second kappa shape index (κ2) is 8.11. The van der Waals surface area contributed by atoms with E-state index in [1.165, 1.54) is 12.7 Å². The maximum absolute atomic E-state index is 9.83. The summed E-state index contributed by atoms with van der Waals surface area (Å²) in [6.07, 6.45) is 5.65. The molecule has 0 radical (unpaired) electrons. The van der Waals surface area contributed by atoms with Crippen molar-refractivity contribution < 1.29 is 19.7 Å². The number of phenolic OH excluding ortho intramolecular Hbond substituents is 2. The lowest BCUT2D eigenvalue weighted by atomic mass is 10.1. The molecule has 126 valence electrons. The van der Waals surface area contributed by atoms with Gasteiger partial charge in [-0.25, -0.2) is 0 Å². The Bertz CT molecular complexity index is 756. The van der Waals surface area contributed by atoms with Gasteiger partial charge in [0.2, 0.25) is 0 Å². The summed E-state index contributed by atoms with van der Waals surface area (Å²) in [7, 11) is 1.51. The third-order valence-corrected chi connectivity index (χ3v) is 3.33. The fraction of sp³-hybridized carbons (Fsp3) is 0.200. The summed E-state index contributed by atoms with van der Waals surface area (Å²) < 4.78 is 10.6. The molecule has 0 bridgehead atoms. The van der Waals surface area contributed by atoms with Gasteiger partial charge < -0.3 is 19.7 Å². The predicted molar refractivity (Wildman–Crippen MR) is 96.6 cm³/mol. The van der Waals surface area contributed by atoms with Gasteiger partial charge in [0.15, 0.2) is 11.5 Å². The van der Waals surface area contributed by atoms with Crippen LogP contribution in [0.2, 0.25) is 0 Å². The molecule has 4 heteroatoms. The molecule has 0 saturated heterocycles. The minimum atomic E-state index is 0.0845. The molecule has 0 unspecified atom stereocenters. The average molecular weight is 326 g/mol. The molecular formula is C20H22O4. The summed E-state index contributed by atoms with van der Waals surface area (Å²) in [5, 5.41) is 19.6. The van der Waals surface area contributed by atoms with Crippen molar-refractivity contribution in [2.24, 2.45) is 0 Å². The zero-order chi connectivity index (χ0) is 17.5. The van der Waals surface area contributed by atoms with E-state index < -0.39 is 0 Å². The second-order valence-corrected chi connectivity index (χ2v) is 5.62. The lowest BCUT2D eigenvalue weighted by molar-refractivity contribution is 0.358. The summed E-state index contributed by atoms with van der Waals surface area (Å²) >= 11 is 0. The predicted octanol–water partition coefficient (Wildman–Crippen LogP) is 4.62. The van der Waals surface area contributed by atoms with Crippen LogP contribution in [-0.2, 0) is 0 Å². The van der Waals surface area contributed by atoms with E-state index in [0.29, 0.717) is 18.1 Å². The molecule has 4 nitrogen and oxygen atoms in total. The van der Waals surface area contributed by atoms with Crippen LogP contribution in [0.5, 0.6) is 23.0 Å². The van der Waals surface area contributed by atoms with Crippen LogP contribution in [0, 0.1) is 0 Å². The molecular weight excluding hydrogens is 304 g/mol. The Labute approximate surface area is 142 Å². The fourth-order valence-electron chi connectivity index (χ4n) is 2.09. The highest BCUT2D eigenvalue weighted by molar-refractivity contribution is 5.72. The molecule has 0 spiro atoms. The smallest absolute Gasteiger partial charge is 0.160 e. The van der Waals surface area contributed by atoms with E-state index >= 15 is 0 Å². The SMILES string of the molecule is COc1ccc(C=Cc2cc(O)cc(OCC=C(C)C)c2)cc1O. The highest BCUT2D eigenvalue weighted by Crippen LogP contribution is 2.28. The van der Waals surface area contributed by atoms with Crippen LogP contribution < -0.4 is 9.47 Å². The Morgan fingerprint density at radius 1 is 1.00 bits per heavy atom. The third kappa shape index (κ3) is 5.09. The maximum atomic E-state index is 9.83. The Kier molecular flexibility index (Phi) is 5.90. The number of ether oxygens (including phenoxy) is 2. The fourth-order valence-corrected chi connectivity index (χ4v) is 2.09. The Hall–Kier alpha value is -2.88. The zero-order valence-electron chi connectivity index (χ0n) is 14.1. The van der Waals surface area contributed by atoms with Crippen LogP contribution in [0.1, 0.15) is 25.0 Å². The second-order valence-electron chi connectivity index (χ2n) is 5.62. The minimum Gasteiger partial charge on any atom is -0.508 e.